The third-order valence-corrected chi connectivity index (χ3v) is 3.13. The summed E-state index contributed by atoms with van der Waals surface area (Å²) in [6.07, 6.45) is 3.05. The largest absolute Gasteiger partial charge is 0.308 e. The Balaban J connectivity index is 2.62. The van der Waals surface area contributed by atoms with E-state index in [1.807, 2.05) is 17.9 Å². The fraction of sp³-hybridized carbons (Fsp3) is 0.786. The van der Waals surface area contributed by atoms with Gasteiger partial charge in [-0.3, -0.25) is 4.68 Å². The molecule has 0 fully saturated rings. The van der Waals surface area contributed by atoms with Gasteiger partial charge in [-0.05, 0) is 39.4 Å². The molecule has 0 aliphatic rings. The molecule has 0 bridgehead atoms. The Kier molecular flexibility index (Phi) is 5.82. The van der Waals surface area contributed by atoms with Crippen LogP contribution in [0, 0.1) is 5.92 Å². The maximum absolute atomic E-state index is 4.23. The van der Waals surface area contributed by atoms with Crippen molar-refractivity contribution in [3.05, 3.63) is 18.0 Å². The highest BCUT2D eigenvalue weighted by molar-refractivity contribution is 5.05. The molecule has 0 aromatic carbocycles. The van der Waals surface area contributed by atoms with Gasteiger partial charge in [0.1, 0.15) is 0 Å². The summed E-state index contributed by atoms with van der Waals surface area (Å²) in [5, 5.41) is 7.95. The Morgan fingerprint density at radius 3 is 2.44 bits per heavy atom. The monoisotopic (exact) mass is 252 g/mol. The van der Waals surface area contributed by atoms with Crippen LogP contribution in [0.25, 0.3) is 0 Å². The quantitative estimate of drug-likeness (QED) is 0.806. The van der Waals surface area contributed by atoms with Crippen molar-refractivity contribution in [1.29, 1.82) is 0 Å². The fourth-order valence-corrected chi connectivity index (χ4v) is 2.45. The molecule has 1 heterocycles. The topological polar surface area (TPSA) is 33.1 Å². The minimum atomic E-state index is 0.334. The minimum Gasteiger partial charge on any atom is -0.308 e. The van der Waals surface area contributed by atoms with Crippen LogP contribution in [0.5, 0.6) is 0 Å². The summed E-state index contributed by atoms with van der Waals surface area (Å²) in [4.78, 5) is 2.25. The third kappa shape index (κ3) is 4.78. The van der Waals surface area contributed by atoms with Gasteiger partial charge in [0.2, 0.25) is 0 Å². The van der Waals surface area contributed by atoms with E-state index in [1.54, 1.807) is 0 Å². The maximum Gasteiger partial charge on any atom is 0.0547 e. The average Bonchev–Trinajstić information content (AvgIpc) is 2.61. The summed E-state index contributed by atoms with van der Waals surface area (Å²) in [5.74, 6) is 0.709. The van der Waals surface area contributed by atoms with Crippen molar-refractivity contribution in [2.24, 2.45) is 13.0 Å². The van der Waals surface area contributed by atoms with Crippen LogP contribution in [0.15, 0.2) is 12.3 Å². The van der Waals surface area contributed by atoms with Crippen LogP contribution in [-0.2, 0) is 7.05 Å². The Bertz CT molecular complexity index is 333. The third-order valence-electron chi connectivity index (χ3n) is 3.13. The Morgan fingerprint density at radius 1 is 1.33 bits per heavy atom. The lowest BCUT2D eigenvalue weighted by molar-refractivity contribution is 0.288. The minimum absolute atomic E-state index is 0.334. The van der Waals surface area contributed by atoms with E-state index in [4.69, 9.17) is 0 Å². The Hall–Kier alpha value is -0.870. The molecular weight excluding hydrogens is 224 g/mol. The second kappa shape index (κ2) is 6.90. The van der Waals surface area contributed by atoms with Gasteiger partial charge in [-0.2, -0.15) is 5.10 Å². The molecule has 0 saturated heterocycles. The van der Waals surface area contributed by atoms with Gasteiger partial charge in [0.25, 0.3) is 0 Å². The Labute approximate surface area is 111 Å². The van der Waals surface area contributed by atoms with Crippen molar-refractivity contribution in [3.8, 4) is 0 Å². The number of aryl methyl sites for hydroxylation is 1. The molecule has 1 N–H and O–H groups in total. The SMILES string of the molecule is CC(C)CC(CN(C)C)NC(C)c1ccnn1C. The van der Waals surface area contributed by atoms with Crippen molar-refractivity contribution in [3.63, 3.8) is 0 Å². The summed E-state index contributed by atoms with van der Waals surface area (Å²) in [7, 11) is 6.25. The van der Waals surface area contributed by atoms with Gasteiger partial charge in [0, 0.05) is 31.9 Å². The van der Waals surface area contributed by atoms with E-state index in [1.165, 1.54) is 12.1 Å². The molecule has 2 unspecified atom stereocenters. The van der Waals surface area contributed by atoms with Crippen LogP contribution in [0.2, 0.25) is 0 Å². The molecule has 1 aromatic heterocycles. The van der Waals surface area contributed by atoms with E-state index in [-0.39, 0.29) is 0 Å². The van der Waals surface area contributed by atoms with Crippen LogP contribution in [-0.4, -0.2) is 41.4 Å². The molecule has 0 spiro atoms. The number of hydrogen-bond donors (Lipinski definition) is 1. The van der Waals surface area contributed by atoms with E-state index in [0.29, 0.717) is 18.0 Å². The molecule has 104 valence electrons. The number of rotatable bonds is 7. The number of aromatic nitrogens is 2. The summed E-state index contributed by atoms with van der Waals surface area (Å²) in [5.41, 5.74) is 1.24. The van der Waals surface area contributed by atoms with Gasteiger partial charge < -0.3 is 10.2 Å². The van der Waals surface area contributed by atoms with Crippen molar-refractivity contribution in [2.45, 2.75) is 39.3 Å². The Morgan fingerprint density at radius 2 is 2.00 bits per heavy atom. The highest BCUT2D eigenvalue weighted by atomic mass is 15.3. The molecule has 4 nitrogen and oxygen atoms in total. The van der Waals surface area contributed by atoms with Crippen LogP contribution < -0.4 is 5.32 Å². The van der Waals surface area contributed by atoms with Crippen LogP contribution in [0.4, 0.5) is 0 Å². The molecule has 0 saturated carbocycles. The first kappa shape index (κ1) is 15.2. The van der Waals surface area contributed by atoms with Gasteiger partial charge in [0.15, 0.2) is 0 Å². The maximum atomic E-state index is 4.23. The van der Waals surface area contributed by atoms with Crippen molar-refractivity contribution >= 4 is 0 Å². The number of hydrogen-bond acceptors (Lipinski definition) is 3. The molecule has 1 aromatic rings. The average molecular weight is 252 g/mol. The zero-order valence-electron chi connectivity index (χ0n) is 12.6. The van der Waals surface area contributed by atoms with Gasteiger partial charge in [-0.15, -0.1) is 0 Å². The lowest BCUT2D eigenvalue weighted by Gasteiger charge is -2.27. The highest BCUT2D eigenvalue weighted by Gasteiger charge is 2.17. The smallest absolute Gasteiger partial charge is 0.0547 e. The van der Waals surface area contributed by atoms with E-state index in [9.17, 15) is 0 Å². The summed E-state index contributed by atoms with van der Waals surface area (Å²) in [6.45, 7) is 7.83. The zero-order valence-corrected chi connectivity index (χ0v) is 12.6. The van der Waals surface area contributed by atoms with Gasteiger partial charge in [-0.1, -0.05) is 13.8 Å². The van der Waals surface area contributed by atoms with E-state index >= 15 is 0 Å². The number of nitrogens with one attached hydrogen (secondary N) is 1. The second-order valence-corrected chi connectivity index (χ2v) is 5.86. The molecule has 0 aliphatic heterocycles. The second-order valence-electron chi connectivity index (χ2n) is 5.86. The fourth-order valence-electron chi connectivity index (χ4n) is 2.45. The molecule has 18 heavy (non-hydrogen) atoms. The molecule has 2 atom stereocenters. The van der Waals surface area contributed by atoms with Crippen molar-refractivity contribution in [2.75, 3.05) is 20.6 Å². The predicted molar refractivity (Wildman–Crippen MR) is 76.6 cm³/mol. The number of nitrogens with zero attached hydrogens (tertiary/aromatic N) is 3. The molecule has 0 amide bonds. The number of likely N-dealkylation sites (N-methyl/N-ethyl adjacent to an activating group) is 1. The van der Waals surface area contributed by atoms with Gasteiger partial charge >= 0.3 is 0 Å². The lowest BCUT2D eigenvalue weighted by atomic mass is 10.0. The first-order valence-corrected chi connectivity index (χ1v) is 6.78. The van der Waals surface area contributed by atoms with Crippen molar-refractivity contribution < 1.29 is 0 Å². The lowest BCUT2D eigenvalue weighted by Crippen LogP contribution is -2.40. The van der Waals surface area contributed by atoms with Crippen LogP contribution >= 0.6 is 0 Å². The summed E-state index contributed by atoms with van der Waals surface area (Å²) < 4.78 is 1.94. The zero-order chi connectivity index (χ0) is 13.7. The van der Waals surface area contributed by atoms with E-state index in [2.05, 4.69) is 56.2 Å². The molecular formula is C14H28N4. The van der Waals surface area contributed by atoms with Crippen LogP contribution in [0.1, 0.15) is 38.9 Å². The molecule has 4 heteroatoms. The van der Waals surface area contributed by atoms with E-state index in [0.717, 1.165) is 6.54 Å². The van der Waals surface area contributed by atoms with Crippen molar-refractivity contribution in [1.82, 2.24) is 20.0 Å². The molecule has 0 radical (unpaired) electrons. The molecule has 0 aliphatic carbocycles. The van der Waals surface area contributed by atoms with E-state index < -0.39 is 0 Å². The van der Waals surface area contributed by atoms with Gasteiger partial charge in [0.05, 0.1) is 5.69 Å². The highest BCUT2D eigenvalue weighted by Crippen LogP contribution is 2.14. The summed E-state index contributed by atoms with van der Waals surface area (Å²) >= 11 is 0. The van der Waals surface area contributed by atoms with Gasteiger partial charge in [-0.25, -0.2) is 0 Å². The normalized spacial score (nSPS) is 15.3. The predicted octanol–water partition coefficient (Wildman–Crippen LogP) is 2.05. The van der Waals surface area contributed by atoms with Crippen LogP contribution in [0.3, 0.4) is 0 Å². The first-order chi connectivity index (χ1) is 8.40. The summed E-state index contributed by atoms with van der Waals surface area (Å²) in [6, 6.07) is 2.94. The first-order valence-electron chi connectivity index (χ1n) is 6.78. The standard InChI is InChI=1S/C14H28N4/c1-11(2)9-13(10-17(4)5)16-12(3)14-7-8-15-18(14)6/h7-8,11-13,16H,9-10H2,1-6H3. The molecule has 1 rings (SSSR count).